The summed E-state index contributed by atoms with van der Waals surface area (Å²) in [4.78, 5) is 0. The molecule has 2 heteroatoms. The molecule has 0 spiro atoms. The van der Waals surface area contributed by atoms with Crippen LogP contribution in [0.4, 0.5) is 0 Å². The highest BCUT2D eigenvalue weighted by atomic mass is 35.5. The number of phenols is 1. The van der Waals surface area contributed by atoms with Crippen molar-refractivity contribution in [3.05, 3.63) is 41.5 Å². The molecule has 86 valence electrons. The number of rotatable bonds is 2. The molecule has 1 aliphatic rings. The van der Waals surface area contributed by atoms with Crippen LogP contribution in [-0.4, -0.2) is 10.5 Å². The van der Waals surface area contributed by atoms with E-state index in [-0.39, 0.29) is 5.38 Å². The standard InChI is InChI=1S/C14H17ClO/c15-13-6-2-1-4-11(9-13)8-12-5-3-7-14(16)10-12/h3,5,7,9-10,13,16H,1-2,4,6,8H2. The zero-order chi connectivity index (χ0) is 11.4. The lowest BCUT2D eigenvalue weighted by Gasteiger charge is -2.06. The summed E-state index contributed by atoms with van der Waals surface area (Å²) in [5.74, 6) is 0.342. The number of halogens is 1. The van der Waals surface area contributed by atoms with Gasteiger partial charge < -0.3 is 5.11 Å². The quantitative estimate of drug-likeness (QED) is 0.607. The summed E-state index contributed by atoms with van der Waals surface area (Å²) in [5, 5.41) is 9.59. The monoisotopic (exact) mass is 236 g/mol. The highest BCUT2D eigenvalue weighted by Gasteiger charge is 2.10. The predicted molar refractivity (Wildman–Crippen MR) is 68.0 cm³/mol. The predicted octanol–water partition coefficient (Wildman–Crippen LogP) is 4.04. The van der Waals surface area contributed by atoms with Crippen LogP contribution in [0.15, 0.2) is 35.9 Å². The molecule has 2 rings (SSSR count). The second-order valence-electron chi connectivity index (χ2n) is 4.43. The van der Waals surface area contributed by atoms with Crippen molar-refractivity contribution in [3.8, 4) is 5.75 Å². The van der Waals surface area contributed by atoms with E-state index in [9.17, 15) is 5.11 Å². The Kier molecular flexibility index (Phi) is 3.89. The Morgan fingerprint density at radius 2 is 2.19 bits per heavy atom. The van der Waals surface area contributed by atoms with Gasteiger partial charge in [0.05, 0.1) is 5.38 Å². The topological polar surface area (TPSA) is 20.2 Å². The first kappa shape index (κ1) is 11.5. The Bertz CT molecular complexity index is 384. The molecular formula is C14H17ClO. The molecule has 0 amide bonds. The molecule has 0 radical (unpaired) electrons. The van der Waals surface area contributed by atoms with Crippen molar-refractivity contribution in [3.63, 3.8) is 0 Å². The van der Waals surface area contributed by atoms with E-state index < -0.39 is 0 Å². The van der Waals surface area contributed by atoms with E-state index in [1.54, 1.807) is 6.07 Å². The van der Waals surface area contributed by atoms with Crippen molar-refractivity contribution in [2.45, 2.75) is 37.5 Å². The van der Waals surface area contributed by atoms with Gasteiger partial charge in [-0.3, -0.25) is 0 Å². The Balaban J connectivity index is 2.08. The summed E-state index contributed by atoms with van der Waals surface area (Å²) < 4.78 is 0. The summed E-state index contributed by atoms with van der Waals surface area (Å²) in [7, 11) is 0. The third kappa shape index (κ3) is 3.28. The molecule has 0 bridgehead atoms. The van der Waals surface area contributed by atoms with Crippen molar-refractivity contribution in [2.24, 2.45) is 0 Å². The lowest BCUT2D eigenvalue weighted by Crippen LogP contribution is -1.94. The van der Waals surface area contributed by atoms with Crippen molar-refractivity contribution in [2.75, 3.05) is 0 Å². The first-order valence-electron chi connectivity index (χ1n) is 5.85. The number of aromatic hydroxyl groups is 1. The molecule has 1 aromatic carbocycles. The van der Waals surface area contributed by atoms with Gasteiger partial charge >= 0.3 is 0 Å². The van der Waals surface area contributed by atoms with Crippen LogP contribution in [0.3, 0.4) is 0 Å². The van der Waals surface area contributed by atoms with Gasteiger partial charge in [0.15, 0.2) is 0 Å². The molecule has 0 aliphatic heterocycles. The fraction of sp³-hybridized carbons (Fsp3) is 0.429. The van der Waals surface area contributed by atoms with Crippen molar-refractivity contribution < 1.29 is 5.11 Å². The van der Waals surface area contributed by atoms with E-state index in [2.05, 4.69) is 12.1 Å². The Morgan fingerprint density at radius 1 is 1.31 bits per heavy atom. The summed E-state index contributed by atoms with van der Waals surface area (Å²) in [6.45, 7) is 0. The number of hydrogen-bond donors (Lipinski definition) is 1. The molecule has 1 unspecified atom stereocenters. The third-order valence-electron chi connectivity index (χ3n) is 2.99. The fourth-order valence-corrected chi connectivity index (χ4v) is 2.52. The van der Waals surface area contributed by atoms with E-state index >= 15 is 0 Å². The minimum atomic E-state index is 0.190. The van der Waals surface area contributed by atoms with Crippen LogP contribution in [-0.2, 0) is 6.42 Å². The molecule has 1 aliphatic carbocycles. The summed E-state index contributed by atoms with van der Waals surface area (Å²) >= 11 is 6.19. The Labute approximate surface area is 102 Å². The largest absolute Gasteiger partial charge is 0.508 e. The maximum atomic E-state index is 9.40. The van der Waals surface area contributed by atoms with Crippen molar-refractivity contribution in [1.29, 1.82) is 0 Å². The van der Waals surface area contributed by atoms with E-state index in [4.69, 9.17) is 11.6 Å². The lowest BCUT2D eigenvalue weighted by molar-refractivity contribution is 0.474. The summed E-state index contributed by atoms with van der Waals surface area (Å²) in [6.07, 6.45) is 7.78. The van der Waals surface area contributed by atoms with Crippen molar-refractivity contribution in [1.82, 2.24) is 0 Å². The fourth-order valence-electron chi connectivity index (χ4n) is 2.19. The van der Waals surface area contributed by atoms with E-state index in [1.165, 1.54) is 18.4 Å². The van der Waals surface area contributed by atoms with Crippen LogP contribution in [0.25, 0.3) is 0 Å². The van der Waals surface area contributed by atoms with Crippen LogP contribution in [0.5, 0.6) is 5.75 Å². The number of allylic oxidation sites excluding steroid dienone is 2. The minimum Gasteiger partial charge on any atom is -0.508 e. The smallest absolute Gasteiger partial charge is 0.115 e. The molecule has 0 fully saturated rings. The van der Waals surface area contributed by atoms with Crippen LogP contribution in [0, 0.1) is 0 Å². The second kappa shape index (κ2) is 5.40. The molecule has 1 aromatic rings. The van der Waals surface area contributed by atoms with Gasteiger partial charge in [-0.05, 0) is 43.4 Å². The molecular weight excluding hydrogens is 220 g/mol. The average molecular weight is 237 g/mol. The van der Waals surface area contributed by atoms with E-state index in [0.29, 0.717) is 5.75 Å². The lowest BCUT2D eigenvalue weighted by atomic mass is 10.0. The highest BCUT2D eigenvalue weighted by Crippen LogP contribution is 2.24. The van der Waals surface area contributed by atoms with Gasteiger partial charge in [0.25, 0.3) is 0 Å². The minimum absolute atomic E-state index is 0.190. The van der Waals surface area contributed by atoms with E-state index in [0.717, 1.165) is 24.8 Å². The van der Waals surface area contributed by atoms with Gasteiger partial charge in [-0.2, -0.15) is 0 Å². The average Bonchev–Trinajstić information content (AvgIpc) is 2.43. The Morgan fingerprint density at radius 3 is 3.00 bits per heavy atom. The van der Waals surface area contributed by atoms with Crippen molar-refractivity contribution >= 4 is 11.6 Å². The first-order chi connectivity index (χ1) is 7.74. The van der Waals surface area contributed by atoms with Crippen LogP contribution >= 0.6 is 11.6 Å². The zero-order valence-corrected chi connectivity index (χ0v) is 10.1. The van der Waals surface area contributed by atoms with E-state index in [1.807, 2.05) is 12.1 Å². The molecule has 0 heterocycles. The number of hydrogen-bond acceptors (Lipinski definition) is 1. The molecule has 1 N–H and O–H groups in total. The van der Waals surface area contributed by atoms with Gasteiger partial charge in [0.1, 0.15) is 5.75 Å². The normalized spacial score (nSPS) is 21.3. The van der Waals surface area contributed by atoms with Gasteiger partial charge in [0, 0.05) is 0 Å². The van der Waals surface area contributed by atoms with Gasteiger partial charge in [-0.25, -0.2) is 0 Å². The highest BCUT2D eigenvalue weighted by molar-refractivity contribution is 6.21. The molecule has 0 saturated heterocycles. The molecule has 0 saturated carbocycles. The molecule has 1 nitrogen and oxygen atoms in total. The number of alkyl halides is 1. The number of benzene rings is 1. The van der Waals surface area contributed by atoms with Crippen LogP contribution in [0.1, 0.15) is 31.2 Å². The zero-order valence-electron chi connectivity index (χ0n) is 9.32. The number of phenolic OH excluding ortho intramolecular Hbond substituents is 1. The van der Waals surface area contributed by atoms with Crippen LogP contribution in [0.2, 0.25) is 0 Å². The van der Waals surface area contributed by atoms with Gasteiger partial charge in [0.2, 0.25) is 0 Å². The van der Waals surface area contributed by atoms with Gasteiger partial charge in [-0.1, -0.05) is 30.2 Å². The maximum absolute atomic E-state index is 9.40. The summed E-state index contributed by atoms with van der Waals surface area (Å²) in [5.41, 5.74) is 2.57. The first-order valence-corrected chi connectivity index (χ1v) is 6.29. The summed E-state index contributed by atoms with van der Waals surface area (Å²) in [6, 6.07) is 7.47. The second-order valence-corrected chi connectivity index (χ2v) is 4.99. The molecule has 16 heavy (non-hydrogen) atoms. The van der Waals surface area contributed by atoms with Gasteiger partial charge in [-0.15, -0.1) is 11.6 Å². The molecule has 0 aromatic heterocycles. The maximum Gasteiger partial charge on any atom is 0.115 e. The van der Waals surface area contributed by atoms with Crippen LogP contribution < -0.4 is 0 Å². The molecule has 1 atom stereocenters. The third-order valence-corrected chi connectivity index (χ3v) is 3.33. The SMILES string of the molecule is Oc1cccc(CC2=CC(Cl)CCCC2)c1. The Hall–Kier alpha value is -0.950.